The van der Waals surface area contributed by atoms with Crippen LogP contribution in [0.5, 0.6) is 0 Å². The summed E-state index contributed by atoms with van der Waals surface area (Å²) in [5.74, 6) is 0.275. The van der Waals surface area contributed by atoms with E-state index in [0.29, 0.717) is 12.2 Å². The average molecular weight is 335 g/mol. The third kappa shape index (κ3) is 4.96. The van der Waals surface area contributed by atoms with Crippen molar-refractivity contribution in [3.05, 3.63) is 28.2 Å². The van der Waals surface area contributed by atoms with Gasteiger partial charge in [0.25, 0.3) is 10.2 Å². The van der Waals surface area contributed by atoms with E-state index in [-0.39, 0.29) is 5.92 Å². The van der Waals surface area contributed by atoms with Crippen LogP contribution in [0.2, 0.25) is 0 Å². The number of benzene rings is 1. The number of rotatable bonds is 6. The number of halogens is 1. The fourth-order valence-electron chi connectivity index (χ4n) is 1.41. The highest BCUT2D eigenvalue weighted by atomic mass is 79.9. The molecule has 1 aromatic carbocycles. The first-order valence-corrected chi connectivity index (χ1v) is 8.17. The molecule has 0 bridgehead atoms. The second-order valence-electron chi connectivity index (χ2n) is 4.50. The highest BCUT2D eigenvalue weighted by Crippen LogP contribution is 2.22. The summed E-state index contributed by atoms with van der Waals surface area (Å²) in [6.45, 7) is 6.33. The molecule has 0 unspecified atom stereocenters. The van der Waals surface area contributed by atoms with Crippen LogP contribution in [0.3, 0.4) is 0 Å². The molecule has 18 heavy (non-hydrogen) atoms. The van der Waals surface area contributed by atoms with Gasteiger partial charge < -0.3 is 0 Å². The lowest BCUT2D eigenvalue weighted by molar-refractivity contribution is 0.565. The van der Waals surface area contributed by atoms with Gasteiger partial charge in [0.05, 0.1) is 5.69 Å². The second kappa shape index (κ2) is 6.54. The molecule has 0 radical (unpaired) electrons. The third-order valence-electron chi connectivity index (χ3n) is 2.37. The van der Waals surface area contributed by atoms with Crippen LogP contribution >= 0.6 is 15.9 Å². The van der Waals surface area contributed by atoms with E-state index in [1.54, 1.807) is 6.07 Å². The van der Waals surface area contributed by atoms with Crippen molar-refractivity contribution >= 4 is 31.8 Å². The molecule has 0 aromatic heterocycles. The minimum absolute atomic E-state index is 0.275. The van der Waals surface area contributed by atoms with Crippen molar-refractivity contribution < 1.29 is 8.42 Å². The molecule has 0 atom stereocenters. The first kappa shape index (κ1) is 15.5. The molecule has 0 amide bonds. The van der Waals surface area contributed by atoms with Crippen molar-refractivity contribution in [1.29, 1.82) is 0 Å². The summed E-state index contributed by atoms with van der Waals surface area (Å²) in [5, 5.41) is 0. The van der Waals surface area contributed by atoms with Gasteiger partial charge in [-0.3, -0.25) is 4.72 Å². The van der Waals surface area contributed by atoms with Gasteiger partial charge in [-0.1, -0.05) is 36.7 Å². The zero-order chi connectivity index (χ0) is 13.8. The van der Waals surface area contributed by atoms with Crippen LogP contribution in [-0.4, -0.2) is 15.0 Å². The van der Waals surface area contributed by atoms with Gasteiger partial charge in [0.15, 0.2) is 0 Å². The van der Waals surface area contributed by atoms with Crippen LogP contribution in [0.4, 0.5) is 5.69 Å². The van der Waals surface area contributed by atoms with Crippen LogP contribution in [0, 0.1) is 5.92 Å². The Hall–Kier alpha value is -0.590. The fourth-order valence-corrected chi connectivity index (χ4v) is 2.93. The van der Waals surface area contributed by atoms with Crippen molar-refractivity contribution in [1.82, 2.24) is 4.72 Å². The molecule has 0 aliphatic carbocycles. The zero-order valence-corrected chi connectivity index (χ0v) is 13.2. The van der Waals surface area contributed by atoms with E-state index in [1.165, 1.54) is 0 Å². The Morgan fingerprint density at radius 2 is 2.00 bits per heavy atom. The summed E-state index contributed by atoms with van der Waals surface area (Å²) >= 11 is 3.37. The van der Waals surface area contributed by atoms with Crippen molar-refractivity contribution in [3.8, 4) is 0 Å². The van der Waals surface area contributed by atoms with E-state index in [2.05, 4.69) is 25.4 Å². The van der Waals surface area contributed by atoms with Gasteiger partial charge in [0.1, 0.15) is 0 Å². The lowest BCUT2D eigenvalue weighted by Crippen LogP contribution is -2.33. The van der Waals surface area contributed by atoms with Crippen LogP contribution in [-0.2, 0) is 16.6 Å². The maximum atomic E-state index is 11.8. The average Bonchev–Trinajstić information content (AvgIpc) is 2.29. The molecule has 0 fully saturated rings. The zero-order valence-electron chi connectivity index (χ0n) is 10.8. The van der Waals surface area contributed by atoms with Gasteiger partial charge in [-0.15, -0.1) is 0 Å². The van der Waals surface area contributed by atoms with Crippen molar-refractivity contribution in [2.24, 2.45) is 5.92 Å². The van der Waals surface area contributed by atoms with E-state index in [9.17, 15) is 8.42 Å². The van der Waals surface area contributed by atoms with Gasteiger partial charge in [-0.05, 0) is 36.1 Å². The molecule has 1 rings (SSSR count). The summed E-state index contributed by atoms with van der Waals surface area (Å²) in [4.78, 5) is 0. The normalized spacial score (nSPS) is 11.8. The highest BCUT2D eigenvalue weighted by molar-refractivity contribution is 9.10. The number of hydrogen-bond donors (Lipinski definition) is 2. The van der Waals surface area contributed by atoms with Gasteiger partial charge in [0.2, 0.25) is 0 Å². The highest BCUT2D eigenvalue weighted by Gasteiger charge is 2.12. The molecule has 0 saturated carbocycles. The molecule has 102 valence electrons. The fraction of sp³-hybridized carbons (Fsp3) is 0.500. The first-order valence-electron chi connectivity index (χ1n) is 5.90. The Morgan fingerprint density at radius 3 is 2.56 bits per heavy atom. The summed E-state index contributed by atoms with van der Waals surface area (Å²) in [6.07, 6.45) is 0.765. The van der Waals surface area contributed by atoms with Gasteiger partial charge in [0, 0.05) is 11.0 Å². The molecule has 0 spiro atoms. The quantitative estimate of drug-likeness (QED) is 0.840. The van der Waals surface area contributed by atoms with Crippen molar-refractivity contribution in [2.75, 3.05) is 11.3 Å². The van der Waals surface area contributed by atoms with E-state index < -0.39 is 10.2 Å². The predicted molar refractivity (Wildman–Crippen MR) is 78.9 cm³/mol. The minimum atomic E-state index is -3.49. The molecule has 0 aliphatic heterocycles. The Kier molecular flexibility index (Phi) is 5.62. The largest absolute Gasteiger partial charge is 0.299 e. The molecule has 4 nitrogen and oxygen atoms in total. The molecule has 0 heterocycles. The first-order chi connectivity index (χ1) is 8.34. The lowest BCUT2D eigenvalue weighted by Gasteiger charge is -2.13. The summed E-state index contributed by atoms with van der Waals surface area (Å²) in [5.41, 5.74) is 1.58. The molecular formula is C12H19BrN2O2S. The van der Waals surface area contributed by atoms with E-state index >= 15 is 0 Å². The molecule has 1 aromatic rings. The lowest BCUT2D eigenvalue weighted by atomic mass is 10.1. The molecule has 0 aliphatic rings. The van der Waals surface area contributed by atoms with Gasteiger partial charge in [-0.25, -0.2) is 0 Å². The summed E-state index contributed by atoms with van der Waals surface area (Å²) in [6, 6.07) is 5.50. The third-order valence-corrected chi connectivity index (χ3v) is 3.90. The summed E-state index contributed by atoms with van der Waals surface area (Å²) in [7, 11) is -3.49. The van der Waals surface area contributed by atoms with Crippen LogP contribution in [0.1, 0.15) is 26.3 Å². The maximum Gasteiger partial charge on any atom is 0.299 e. The number of hydrogen-bond acceptors (Lipinski definition) is 2. The minimum Gasteiger partial charge on any atom is -0.271 e. The number of aryl methyl sites for hydroxylation is 1. The summed E-state index contributed by atoms with van der Waals surface area (Å²) < 4.78 is 29.7. The maximum absolute atomic E-state index is 11.8. The molecule has 6 heteroatoms. The van der Waals surface area contributed by atoms with Gasteiger partial charge >= 0.3 is 0 Å². The Balaban J connectivity index is 2.83. The van der Waals surface area contributed by atoms with Crippen LogP contribution in [0.25, 0.3) is 0 Å². The molecular weight excluding hydrogens is 316 g/mol. The Bertz CT molecular complexity index is 501. The molecule has 0 saturated heterocycles. The monoisotopic (exact) mass is 334 g/mol. The predicted octanol–water partition coefficient (Wildman–Crippen LogP) is 2.91. The van der Waals surface area contributed by atoms with Gasteiger partial charge in [-0.2, -0.15) is 13.1 Å². The number of anilines is 1. The Morgan fingerprint density at radius 1 is 1.33 bits per heavy atom. The van der Waals surface area contributed by atoms with Crippen LogP contribution < -0.4 is 9.44 Å². The smallest absolute Gasteiger partial charge is 0.271 e. The topological polar surface area (TPSA) is 58.2 Å². The standard InChI is InChI=1S/C12H19BrN2O2S/c1-4-10-7-11(13)5-6-12(10)15-18(16,17)14-8-9(2)3/h5-7,9,14-15H,4,8H2,1-3H3. The molecule has 2 N–H and O–H groups in total. The van der Waals surface area contributed by atoms with E-state index in [4.69, 9.17) is 0 Å². The van der Waals surface area contributed by atoms with Crippen LogP contribution in [0.15, 0.2) is 22.7 Å². The SMILES string of the molecule is CCc1cc(Br)ccc1NS(=O)(=O)NCC(C)C. The second-order valence-corrected chi connectivity index (χ2v) is 6.92. The Labute approximate surface area is 117 Å². The van der Waals surface area contributed by atoms with E-state index in [0.717, 1.165) is 16.5 Å². The van der Waals surface area contributed by atoms with Crippen molar-refractivity contribution in [2.45, 2.75) is 27.2 Å². The van der Waals surface area contributed by atoms with E-state index in [1.807, 2.05) is 32.9 Å². The van der Waals surface area contributed by atoms with Crippen molar-refractivity contribution in [3.63, 3.8) is 0 Å². The number of nitrogens with one attached hydrogen (secondary N) is 2.